The second-order valence-corrected chi connectivity index (χ2v) is 8.13. The van der Waals surface area contributed by atoms with E-state index >= 15 is 0 Å². The van der Waals surface area contributed by atoms with E-state index in [0.29, 0.717) is 64.9 Å². The van der Waals surface area contributed by atoms with E-state index in [2.05, 4.69) is 15.6 Å². The van der Waals surface area contributed by atoms with Gasteiger partial charge in [0.05, 0.1) is 29.0 Å². The zero-order valence-corrected chi connectivity index (χ0v) is 18.3. The number of benzene rings is 1. The third-order valence-corrected chi connectivity index (χ3v) is 5.70. The summed E-state index contributed by atoms with van der Waals surface area (Å²) in [6.45, 7) is 3.13. The van der Waals surface area contributed by atoms with E-state index in [-0.39, 0.29) is 18.2 Å². The number of hydrogen-bond donors (Lipinski definition) is 2. The number of anilines is 1. The maximum absolute atomic E-state index is 12.2. The Morgan fingerprint density at radius 1 is 1.26 bits per heavy atom. The number of halogens is 1. The van der Waals surface area contributed by atoms with E-state index in [1.54, 1.807) is 18.4 Å². The molecule has 0 saturated heterocycles. The molecule has 162 valence electrons. The van der Waals surface area contributed by atoms with Crippen molar-refractivity contribution in [1.29, 1.82) is 0 Å². The first-order valence-electron chi connectivity index (χ1n) is 9.64. The molecule has 10 heteroatoms. The van der Waals surface area contributed by atoms with Crippen molar-refractivity contribution in [2.75, 3.05) is 25.1 Å². The number of furan rings is 1. The molecule has 0 atom stereocenters. The van der Waals surface area contributed by atoms with Crippen LogP contribution in [0.25, 0.3) is 0 Å². The summed E-state index contributed by atoms with van der Waals surface area (Å²) in [5.74, 6) is 1.28. The molecule has 0 radical (unpaired) electrons. The molecule has 0 spiro atoms. The van der Waals surface area contributed by atoms with Gasteiger partial charge in [-0.1, -0.05) is 11.6 Å². The maximum atomic E-state index is 12.2. The molecule has 31 heavy (non-hydrogen) atoms. The molecule has 2 N–H and O–H groups in total. The van der Waals surface area contributed by atoms with Crippen LogP contribution in [0.5, 0.6) is 11.5 Å². The van der Waals surface area contributed by atoms with Crippen molar-refractivity contribution in [1.82, 2.24) is 10.3 Å². The molecule has 3 heterocycles. The number of carbonyl (C=O) groups excluding carboxylic acids is 2. The lowest BCUT2D eigenvalue weighted by molar-refractivity contribution is -0.120. The van der Waals surface area contributed by atoms with Crippen molar-refractivity contribution in [3.8, 4) is 11.5 Å². The Hall–Kier alpha value is -3.04. The van der Waals surface area contributed by atoms with Gasteiger partial charge in [0.15, 0.2) is 16.6 Å². The van der Waals surface area contributed by atoms with Crippen LogP contribution in [0.2, 0.25) is 5.02 Å². The molecule has 1 aromatic carbocycles. The zero-order valence-electron chi connectivity index (χ0n) is 16.7. The van der Waals surface area contributed by atoms with E-state index in [1.807, 2.05) is 12.1 Å². The highest BCUT2D eigenvalue weighted by Crippen LogP contribution is 2.38. The Labute approximate surface area is 187 Å². The van der Waals surface area contributed by atoms with Crippen molar-refractivity contribution in [3.05, 3.63) is 57.4 Å². The van der Waals surface area contributed by atoms with Crippen molar-refractivity contribution < 1.29 is 23.5 Å². The van der Waals surface area contributed by atoms with Crippen molar-refractivity contribution in [2.24, 2.45) is 0 Å². The number of fused-ring (bicyclic) bond motifs is 1. The minimum absolute atomic E-state index is 0.124. The topological polar surface area (TPSA) is 103 Å². The van der Waals surface area contributed by atoms with Crippen LogP contribution in [0.3, 0.4) is 0 Å². The molecule has 1 aliphatic heterocycles. The molecule has 3 aromatic rings. The molecule has 4 rings (SSSR count). The largest absolute Gasteiger partial charge is 0.486 e. The molecular formula is C21H20ClN3O5S. The number of nitrogens with zero attached hydrogens (tertiary/aromatic N) is 1. The number of aryl methyl sites for hydroxylation is 1. The van der Waals surface area contributed by atoms with Crippen LogP contribution >= 0.6 is 22.9 Å². The van der Waals surface area contributed by atoms with Gasteiger partial charge in [0.2, 0.25) is 5.91 Å². The van der Waals surface area contributed by atoms with Gasteiger partial charge >= 0.3 is 0 Å². The van der Waals surface area contributed by atoms with Crippen LogP contribution in [-0.2, 0) is 17.6 Å². The molecule has 2 aromatic heterocycles. The fourth-order valence-corrected chi connectivity index (χ4v) is 4.11. The average Bonchev–Trinajstić information content (AvgIpc) is 3.36. The van der Waals surface area contributed by atoms with Gasteiger partial charge < -0.3 is 19.2 Å². The van der Waals surface area contributed by atoms with Gasteiger partial charge in [0, 0.05) is 11.9 Å². The summed E-state index contributed by atoms with van der Waals surface area (Å²) in [6, 6.07) is 5.30. The summed E-state index contributed by atoms with van der Waals surface area (Å²) < 4.78 is 16.2. The zero-order chi connectivity index (χ0) is 21.8. The summed E-state index contributed by atoms with van der Waals surface area (Å²) in [6.07, 6.45) is 2.18. The van der Waals surface area contributed by atoms with Gasteiger partial charge in [-0.15, -0.1) is 11.3 Å². The molecule has 0 unspecified atom stereocenters. The van der Waals surface area contributed by atoms with Crippen LogP contribution in [-0.4, -0.2) is 36.6 Å². The van der Waals surface area contributed by atoms with Gasteiger partial charge in [-0.3, -0.25) is 14.9 Å². The first-order valence-corrected chi connectivity index (χ1v) is 10.9. The van der Waals surface area contributed by atoms with E-state index in [4.69, 9.17) is 25.5 Å². The monoisotopic (exact) mass is 461 g/mol. The first kappa shape index (κ1) is 21.2. The fraction of sp³-hybridized carbons (Fsp3) is 0.286. The third kappa shape index (κ3) is 5.18. The van der Waals surface area contributed by atoms with Crippen molar-refractivity contribution in [3.63, 3.8) is 0 Å². The first-order chi connectivity index (χ1) is 15.0. The van der Waals surface area contributed by atoms with Gasteiger partial charge in [0.1, 0.15) is 19.0 Å². The number of ether oxygens (including phenoxy) is 2. The Balaban J connectivity index is 1.26. The molecule has 1 aliphatic rings. The predicted molar refractivity (Wildman–Crippen MR) is 116 cm³/mol. The van der Waals surface area contributed by atoms with Crippen LogP contribution in [0.1, 0.15) is 27.4 Å². The van der Waals surface area contributed by atoms with Gasteiger partial charge in [-0.2, -0.15) is 0 Å². The second-order valence-electron chi connectivity index (χ2n) is 6.87. The number of aromatic nitrogens is 1. The van der Waals surface area contributed by atoms with Gasteiger partial charge in [0.25, 0.3) is 5.91 Å². The van der Waals surface area contributed by atoms with Crippen LogP contribution < -0.4 is 20.1 Å². The van der Waals surface area contributed by atoms with Crippen LogP contribution in [0, 0.1) is 6.92 Å². The molecule has 0 aliphatic carbocycles. The smallest absolute Gasteiger partial charge is 0.260 e. The molecule has 2 amide bonds. The Morgan fingerprint density at radius 2 is 2.10 bits per heavy atom. The van der Waals surface area contributed by atoms with E-state index in [0.717, 1.165) is 5.56 Å². The fourth-order valence-electron chi connectivity index (χ4n) is 3.11. The number of amides is 2. The number of carbonyl (C=O) groups is 2. The van der Waals surface area contributed by atoms with Crippen LogP contribution in [0.4, 0.5) is 5.13 Å². The molecule has 0 bridgehead atoms. The number of rotatable bonds is 7. The molecule has 0 saturated carbocycles. The van der Waals surface area contributed by atoms with Gasteiger partial charge in [-0.05, 0) is 37.1 Å². The number of hydrogen-bond acceptors (Lipinski definition) is 7. The molecule has 0 fully saturated rings. The van der Waals surface area contributed by atoms with E-state index < -0.39 is 0 Å². The molecular weight excluding hydrogens is 442 g/mol. The highest BCUT2D eigenvalue weighted by Gasteiger charge is 2.17. The summed E-state index contributed by atoms with van der Waals surface area (Å²) >= 11 is 7.51. The highest BCUT2D eigenvalue weighted by molar-refractivity contribution is 7.14. The summed E-state index contributed by atoms with van der Waals surface area (Å²) in [5.41, 5.74) is 1.99. The summed E-state index contributed by atoms with van der Waals surface area (Å²) in [4.78, 5) is 28.8. The lowest BCUT2D eigenvalue weighted by Gasteiger charge is -2.20. The minimum Gasteiger partial charge on any atom is -0.486 e. The lowest BCUT2D eigenvalue weighted by Crippen LogP contribution is -2.27. The Bertz CT molecular complexity index is 1110. The van der Waals surface area contributed by atoms with Crippen molar-refractivity contribution in [2.45, 2.75) is 19.8 Å². The second kappa shape index (κ2) is 9.40. The average molecular weight is 462 g/mol. The Kier molecular flexibility index (Phi) is 6.43. The predicted octanol–water partition coefficient (Wildman–Crippen LogP) is 3.62. The highest BCUT2D eigenvalue weighted by atomic mass is 35.5. The normalized spacial score (nSPS) is 12.5. The Morgan fingerprint density at radius 3 is 2.90 bits per heavy atom. The van der Waals surface area contributed by atoms with E-state index in [9.17, 15) is 9.59 Å². The maximum Gasteiger partial charge on any atom is 0.260 e. The third-order valence-electron chi connectivity index (χ3n) is 4.61. The quantitative estimate of drug-likeness (QED) is 0.557. The van der Waals surface area contributed by atoms with Crippen LogP contribution in [0.15, 0.2) is 34.3 Å². The van der Waals surface area contributed by atoms with E-state index in [1.165, 1.54) is 17.6 Å². The number of nitrogens with one attached hydrogen (secondary N) is 2. The molecule has 8 nitrogen and oxygen atoms in total. The summed E-state index contributed by atoms with van der Waals surface area (Å²) in [5, 5.41) is 8.26. The van der Waals surface area contributed by atoms with Crippen molar-refractivity contribution >= 4 is 39.9 Å². The van der Waals surface area contributed by atoms with Gasteiger partial charge in [-0.25, -0.2) is 4.98 Å². The number of thiazole rings is 1. The SMILES string of the molecule is Cc1occc1C(=O)Nc1nc(CC(=O)NCCc2cc(Cl)c3c(c2)OCCO3)cs1. The standard InChI is InChI=1S/C21H20ClN3O5S/c1-12-15(3-5-28-12)20(27)25-21-24-14(11-31-21)10-18(26)23-4-2-13-8-16(22)19-17(9-13)29-6-7-30-19/h3,5,8-9,11H,2,4,6-7,10H2,1H3,(H,23,26)(H,24,25,27). The summed E-state index contributed by atoms with van der Waals surface area (Å²) in [7, 11) is 0. The lowest BCUT2D eigenvalue weighted by atomic mass is 10.1. The minimum atomic E-state index is -0.297.